The summed E-state index contributed by atoms with van der Waals surface area (Å²) in [5.74, 6) is 0. The molecule has 6 heteroatoms. The third-order valence-electron chi connectivity index (χ3n) is 1.23. The van der Waals surface area contributed by atoms with Crippen molar-refractivity contribution in [3.05, 3.63) is 35.9 Å². The Balaban J connectivity index is 0.000000500. The van der Waals surface area contributed by atoms with Gasteiger partial charge in [-0.05, 0) is 5.56 Å². The molecule has 0 heterocycles. The molecular weight excluding hydrogens is 205 g/mol. The monoisotopic (exact) mass is 215 g/mol. The quantitative estimate of drug-likeness (QED) is 0.508. The first-order chi connectivity index (χ1) is 6.49. The Bertz CT molecular complexity index is 340. The molecule has 3 N–H and O–H groups in total. The molecule has 0 aliphatic carbocycles. The second-order valence-electron chi connectivity index (χ2n) is 2.41. The maximum atomic E-state index is 10.5. The van der Waals surface area contributed by atoms with E-state index in [1.807, 2.05) is 6.07 Å². The van der Waals surface area contributed by atoms with Gasteiger partial charge in [0.1, 0.15) is 0 Å². The van der Waals surface area contributed by atoms with Crippen LogP contribution in [0.25, 0.3) is 0 Å². The molecule has 76 valence electrons. The highest BCUT2D eigenvalue weighted by Crippen LogP contribution is 2.38. The first kappa shape index (κ1) is 12.7. The van der Waals surface area contributed by atoms with Gasteiger partial charge in [0.05, 0.1) is 6.16 Å². The summed E-state index contributed by atoms with van der Waals surface area (Å²) < 4.78 is 10.5. The van der Waals surface area contributed by atoms with Gasteiger partial charge in [-0.2, -0.15) is 5.26 Å². The summed E-state index contributed by atoms with van der Waals surface area (Å²) in [5.41, 5.74) is 0.667. The smallest absolute Gasteiger partial charge is 0.329 e. The van der Waals surface area contributed by atoms with Gasteiger partial charge in [0.25, 0.3) is 6.26 Å². The third kappa shape index (κ3) is 7.32. The molecule has 5 nitrogen and oxygen atoms in total. The zero-order valence-electron chi connectivity index (χ0n) is 7.24. The van der Waals surface area contributed by atoms with E-state index < -0.39 is 7.60 Å². The summed E-state index contributed by atoms with van der Waals surface area (Å²) in [7, 11) is -3.89. The van der Waals surface area contributed by atoms with E-state index in [0.29, 0.717) is 5.56 Å². The molecule has 0 aliphatic rings. The van der Waals surface area contributed by atoms with Crippen LogP contribution in [0, 0.1) is 11.5 Å². The Morgan fingerprint density at radius 3 is 2.07 bits per heavy atom. The minimum absolute atomic E-state index is 0.173. The van der Waals surface area contributed by atoms with Crippen LogP contribution in [-0.2, 0) is 10.7 Å². The third-order valence-corrected chi connectivity index (χ3v) is 2.01. The van der Waals surface area contributed by atoms with Crippen molar-refractivity contribution in [1.82, 2.24) is 0 Å². The van der Waals surface area contributed by atoms with Gasteiger partial charge in [-0.15, -0.1) is 0 Å². The first-order valence-corrected chi connectivity index (χ1v) is 5.41. The fraction of sp³-hybridized carbons (Fsp3) is 0.125. The normalized spacial score (nSPS) is 9.50. The van der Waals surface area contributed by atoms with E-state index in [1.165, 1.54) is 0 Å². The Hall–Kier alpha value is -1.34. The van der Waals surface area contributed by atoms with Gasteiger partial charge in [-0.1, -0.05) is 30.3 Å². The van der Waals surface area contributed by atoms with E-state index in [-0.39, 0.29) is 6.16 Å². The van der Waals surface area contributed by atoms with Gasteiger partial charge in [0.2, 0.25) is 0 Å². The topological polar surface area (TPSA) is 102 Å². The molecule has 0 spiro atoms. The molecule has 1 aromatic rings. The second kappa shape index (κ2) is 6.17. The minimum atomic E-state index is -3.89. The fourth-order valence-electron chi connectivity index (χ4n) is 0.821. The van der Waals surface area contributed by atoms with Gasteiger partial charge < -0.3 is 14.9 Å². The summed E-state index contributed by atoms with van der Waals surface area (Å²) in [6, 6.07) is 8.71. The molecule has 0 unspecified atom stereocenters. The van der Waals surface area contributed by atoms with Gasteiger partial charge >= 0.3 is 7.60 Å². The van der Waals surface area contributed by atoms with Crippen molar-refractivity contribution in [2.24, 2.45) is 0 Å². The fourth-order valence-corrected chi connectivity index (χ4v) is 1.51. The van der Waals surface area contributed by atoms with E-state index in [2.05, 4.69) is 0 Å². The van der Waals surface area contributed by atoms with E-state index in [9.17, 15) is 4.57 Å². The molecule has 0 radical (unpaired) electrons. The number of nitriles is 1. The predicted octanol–water partition coefficient (Wildman–Crippen LogP) is 1.20. The molecule has 0 saturated carbocycles. The Morgan fingerprint density at radius 1 is 1.29 bits per heavy atom. The van der Waals surface area contributed by atoms with Gasteiger partial charge in [0, 0.05) is 0 Å². The summed E-state index contributed by atoms with van der Waals surface area (Å²) >= 11 is 0. The lowest BCUT2D eigenvalue weighted by atomic mass is 10.2. The highest BCUT2D eigenvalue weighted by Gasteiger charge is 2.12. The van der Waals surface area contributed by atoms with Crippen LogP contribution in [0.3, 0.4) is 0 Å². The SMILES string of the molecule is N#CO.O=P(O)(O)Cc1ccccc1. The van der Waals surface area contributed by atoms with Crippen molar-refractivity contribution < 1.29 is 19.5 Å². The van der Waals surface area contributed by atoms with Crippen molar-refractivity contribution in [3.8, 4) is 6.26 Å². The zero-order chi connectivity index (χ0) is 11.0. The molecule has 0 aromatic heterocycles. The molecule has 1 aromatic carbocycles. The average Bonchev–Trinajstić information content (AvgIpc) is 2.04. The van der Waals surface area contributed by atoms with Gasteiger partial charge in [-0.25, -0.2) is 0 Å². The van der Waals surface area contributed by atoms with Crippen LogP contribution in [0.4, 0.5) is 0 Å². The minimum Gasteiger partial charge on any atom is -0.443 e. The van der Waals surface area contributed by atoms with Crippen LogP contribution in [-0.4, -0.2) is 14.9 Å². The van der Waals surface area contributed by atoms with Crippen LogP contribution in [0.1, 0.15) is 5.56 Å². The molecule has 0 bridgehead atoms. The first-order valence-electron chi connectivity index (χ1n) is 3.61. The molecular formula is C8H10NO4P. The number of hydrogen-bond acceptors (Lipinski definition) is 3. The van der Waals surface area contributed by atoms with Crippen LogP contribution < -0.4 is 0 Å². The van der Waals surface area contributed by atoms with Crippen molar-refractivity contribution in [2.45, 2.75) is 6.16 Å². The zero-order valence-corrected chi connectivity index (χ0v) is 8.13. The number of rotatable bonds is 2. The Kier molecular flexibility index (Phi) is 5.58. The van der Waals surface area contributed by atoms with E-state index in [4.69, 9.17) is 20.2 Å². The average molecular weight is 215 g/mol. The summed E-state index contributed by atoms with van der Waals surface area (Å²) in [6.07, 6.45) is 0.577. The van der Waals surface area contributed by atoms with Crippen LogP contribution in [0.15, 0.2) is 30.3 Å². The highest BCUT2D eigenvalue weighted by molar-refractivity contribution is 7.50. The number of aliphatic hydroxyl groups excluding tert-OH is 1. The van der Waals surface area contributed by atoms with E-state index in [0.717, 1.165) is 6.26 Å². The lowest BCUT2D eigenvalue weighted by Gasteiger charge is -2.01. The maximum absolute atomic E-state index is 10.5. The highest BCUT2D eigenvalue weighted by atomic mass is 31.2. The maximum Gasteiger partial charge on any atom is 0.329 e. The Morgan fingerprint density at radius 2 is 1.71 bits per heavy atom. The van der Waals surface area contributed by atoms with Crippen molar-refractivity contribution in [3.63, 3.8) is 0 Å². The second-order valence-corrected chi connectivity index (χ2v) is 4.05. The molecule has 0 fully saturated rings. The molecule has 14 heavy (non-hydrogen) atoms. The molecule has 0 amide bonds. The van der Waals surface area contributed by atoms with Gasteiger partial charge in [0.15, 0.2) is 0 Å². The number of benzene rings is 1. The van der Waals surface area contributed by atoms with E-state index in [1.54, 1.807) is 24.3 Å². The van der Waals surface area contributed by atoms with E-state index >= 15 is 0 Å². The lowest BCUT2D eigenvalue weighted by Crippen LogP contribution is -1.84. The van der Waals surface area contributed by atoms with Crippen LogP contribution in [0.5, 0.6) is 0 Å². The number of hydrogen-bond donors (Lipinski definition) is 3. The van der Waals surface area contributed by atoms with Crippen molar-refractivity contribution in [2.75, 3.05) is 0 Å². The van der Waals surface area contributed by atoms with Crippen LogP contribution >= 0.6 is 7.60 Å². The predicted molar refractivity (Wildman–Crippen MR) is 49.7 cm³/mol. The molecule has 1 rings (SSSR count). The van der Waals surface area contributed by atoms with Crippen molar-refractivity contribution in [1.29, 1.82) is 5.26 Å². The number of nitrogens with zero attached hydrogens (tertiary/aromatic N) is 1. The summed E-state index contributed by atoms with van der Waals surface area (Å²) in [5, 5.41) is 13.8. The molecule has 0 aliphatic heterocycles. The Labute approximate surface area is 81.4 Å². The van der Waals surface area contributed by atoms with Crippen LogP contribution in [0.2, 0.25) is 0 Å². The molecule has 0 atom stereocenters. The number of aliphatic hydroxyl groups is 1. The summed E-state index contributed by atoms with van der Waals surface area (Å²) in [4.78, 5) is 17.2. The standard InChI is InChI=1S/C7H9O3P.CHNO/c8-11(9,10)6-7-4-2-1-3-5-7;2-1-3/h1-5H,6H2,(H2,8,9,10);3H. The van der Waals surface area contributed by atoms with Crippen molar-refractivity contribution >= 4 is 7.60 Å². The largest absolute Gasteiger partial charge is 0.443 e. The lowest BCUT2D eigenvalue weighted by molar-refractivity contribution is 0.371. The molecule has 0 saturated heterocycles. The summed E-state index contributed by atoms with van der Waals surface area (Å²) in [6.45, 7) is 0. The van der Waals surface area contributed by atoms with Gasteiger partial charge in [-0.3, -0.25) is 4.57 Å².